The Morgan fingerprint density at radius 2 is 1.63 bits per heavy atom. The van der Waals surface area contributed by atoms with Crippen molar-refractivity contribution in [3.05, 3.63) is 45.8 Å². The molecule has 3 rings (SSSR count). The van der Waals surface area contributed by atoms with Crippen LogP contribution in [0.4, 0.5) is 5.00 Å². The van der Waals surface area contributed by atoms with Gasteiger partial charge in [0.2, 0.25) is 5.91 Å². The van der Waals surface area contributed by atoms with E-state index < -0.39 is 11.9 Å². The van der Waals surface area contributed by atoms with E-state index in [0.717, 1.165) is 22.7 Å². The zero-order chi connectivity index (χ0) is 28.0. The highest BCUT2D eigenvalue weighted by Gasteiger charge is 2.27. The van der Waals surface area contributed by atoms with Gasteiger partial charge in [-0.15, -0.1) is 21.5 Å². The molecule has 1 aromatic carbocycles. The molecule has 0 fully saturated rings. The van der Waals surface area contributed by atoms with E-state index in [0.29, 0.717) is 17.3 Å². The lowest BCUT2D eigenvalue weighted by molar-refractivity contribution is -0.113. The van der Waals surface area contributed by atoms with Crippen molar-refractivity contribution in [2.75, 3.05) is 24.3 Å². The molecule has 38 heavy (non-hydrogen) atoms. The van der Waals surface area contributed by atoms with Crippen molar-refractivity contribution < 1.29 is 23.9 Å². The van der Waals surface area contributed by atoms with E-state index in [-0.39, 0.29) is 45.7 Å². The van der Waals surface area contributed by atoms with E-state index in [1.165, 1.54) is 17.3 Å². The van der Waals surface area contributed by atoms with Crippen molar-refractivity contribution in [3.63, 3.8) is 0 Å². The minimum atomic E-state index is -0.604. The number of carbonyl (C=O) groups is 3. The van der Waals surface area contributed by atoms with Crippen LogP contribution in [0.15, 0.2) is 29.4 Å². The first-order chi connectivity index (χ1) is 18.0. The van der Waals surface area contributed by atoms with E-state index in [4.69, 9.17) is 9.47 Å². The van der Waals surface area contributed by atoms with Gasteiger partial charge in [0, 0.05) is 12.1 Å². The lowest BCUT2D eigenvalue weighted by atomic mass is 9.87. The van der Waals surface area contributed by atoms with Crippen LogP contribution in [0.5, 0.6) is 0 Å². The average Bonchev–Trinajstić information content (AvgIpc) is 3.42. The van der Waals surface area contributed by atoms with Gasteiger partial charge in [-0.05, 0) is 44.2 Å². The third kappa shape index (κ3) is 6.63. The van der Waals surface area contributed by atoms with E-state index >= 15 is 0 Å². The molecule has 0 saturated carbocycles. The summed E-state index contributed by atoms with van der Waals surface area (Å²) >= 11 is 2.25. The summed E-state index contributed by atoms with van der Waals surface area (Å²) in [4.78, 5) is 38.1. The molecule has 0 atom stereocenters. The third-order valence-corrected chi connectivity index (χ3v) is 7.87. The van der Waals surface area contributed by atoms with Crippen molar-refractivity contribution >= 4 is 45.9 Å². The smallest absolute Gasteiger partial charge is 0.348 e. The number of carbonyl (C=O) groups excluding carboxylic acids is 3. The molecule has 0 radical (unpaired) electrons. The number of hydrogen-bond donors (Lipinski definition) is 1. The number of hydrogen-bond acceptors (Lipinski definition) is 9. The second-order valence-corrected chi connectivity index (χ2v) is 11.4. The second kappa shape index (κ2) is 12.6. The molecule has 0 aliphatic rings. The molecule has 0 aliphatic carbocycles. The standard InChI is InChI=1S/C27H34N4O5S2/c1-8-31-22(17-11-13-18(14-12-17)27(5,6)7)29-30-26(31)37-15-19(32)28-23-20(24(33)35-9-2)16(4)21(38-23)25(34)36-10-3/h11-14H,8-10,15H2,1-7H3,(H,28,32). The van der Waals surface area contributed by atoms with E-state index in [2.05, 4.69) is 48.4 Å². The number of aromatic nitrogens is 3. The highest BCUT2D eigenvalue weighted by Crippen LogP contribution is 2.35. The molecule has 1 N–H and O–H groups in total. The van der Waals surface area contributed by atoms with Gasteiger partial charge in [0.15, 0.2) is 11.0 Å². The van der Waals surface area contributed by atoms with Crippen molar-refractivity contribution in [3.8, 4) is 11.4 Å². The summed E-state index contributed by atoms with van der Waals surface area (Å²) < 4.78 is 12.2. The van der Waals surface area contributed by atoms with Gasteiger partial charge in [-0.3, -0.25) is 4.79 Å². The van der Waals surface area contributed by atoms with Crippen LogP contribution in [0.25, 0.3) is 11.4 Å². The minimum absolute atomic E-state index is 0.0368. The number of nitrogens with zero attached hydrogens (tertiary/aromatic N) is 3. The van der Waals surface area contributed by atoms with Gasteiger partial charge >= 0.3 is 11.9 Å². The van der Waals surface area contributed by atoms with Crippen LogP contribution < -0.4 is 5.32 Å². The number of benzene rings is 1. The fourth-order valence-electron chi connectivity index (χ4n) is 3.75. The first kappa shape index (κ1) is 29.4. The molecule has 2 heterocycles. The third-order valence-electron chi connectivity index (χ3n) is 5.71. The molecule has 204 valence electrons. The van der Waals surface area contributed by atoms with Crippen LogP contribution in [0.3, 0.4) is 0 Å². The lowest BCUT2D eigenvalue weighted by Crippen LogP contribution is -2.17. The summed E-state index contributed by atoms with van der Waals surface area (Å²) in [5.41, 5.74) is 2.81. The fourth-order valence-corrected chi connectivity index (χ4v) is 5.66. The Morgan fingerprint density at radius 1 is 1.00 bits per heavy atom. The number of anilines is 1. The van der Waals surface area contributed by atoms with Crippen LogP contribution in [-0.4, -0.2) is 51.6 Å². The Kier molecular flexibility index (Phi) is 9.72. The van der Waals surface area contributed by atoms with Gasteiger partial charge in [0.05, 0.1) is 24.5 Å². The minimum Gasteiger partial charge on any atom is -0.462 e. The lowest BCUT2D eigenvalue weighted by Gasteiger charge is -2.19. The van der Waals surface area contributed by atoms with Crippen LogP contribution in [0.2, 0.25) is 0 Å². The van der Waals surface area contributed by atoms with Gasteiger partial charge < -0.3 is 19.4 Å². The molecule has 0 saturated heterocycles. The van der Waals surface area contributed by atoms with Crippen molar-refractivity contribution in [2.24, 2.45) is 0 Å². The molecule has 2 aromatic heterocycles. The van der Waals surface area contributed by atoms with Gasteiger partial charge in [-0.25, -0.2) is 9.59 Å². The van der Waals surface area contributed by atoms with Gasteiger partial charge in [0.1, 0.15) is 9.88 Å². The highest BCUT2D eigenvalue weighted by molar-refractivity contribution is 7.99. The summed E-state index contributed by atoms with van der Waals surface area (Å²) in [5, 5.41) is 12.3. The summed E-state index contributed by atoms with van der Waals surface area (Å²) in [6, 6.07) is 8.27. The van der Waals surface area contributed by atoms with Gasteiger partial charge in [-0.1, -0.05) is 56.8 Å². The molecular weight excluding hydrogens is 524 g/mol. The number of thiophene rings is 1. The maximum absolute atomic E-state index is 12.9. The largest absolute Gasteiger partial charge is 0.462 e. The Labute approximate surface area is 231 Å². The number of amides is 1. The monoisotopic (exact) mass is 558 g/mol. The maximum Gasteiger partial charge on any atom is 0.348 e. The maximum atomic E-state index is 12.9. The topological polar surface area (TPSA) is 112 Å². The van der Waals surface area contributed by atoms with Crippen molar-refractivity contribution in [2.45, 2.75) is 65.6 Å². The molecule has 3 aromatic rings. The Morgan fingerprint density at radius 3 is 2.21 bits per heavy atom. The van der Waals surface area contributed by atoms with Gasteiger partial charge in [-0.2, -0.15) is 0 Å². The molecule has 0 bridgehead atoms. The Balaban J connectivity index is 1.77. The zero-order valence-electron chi connectivity index (χ0n) is 22.8. The molecule has 11 heteroatoms. The van der Waals surface area contributed by atoms with Crippen LogP contribution in [0, 0.1) is 6.92 Å². The summed E-state index contributed by atoms with van der Waals surface area (Å²) in [7, 11) is 0. The molecular formula is C27H34N4O5S2. The summed E-state index contributed by atoms with van der Waals surface area (Å²) in [6.45, 7) is 14.5. The number of ether oxygens (including phenoxy) is 2. The SMILES string of the molecule is CCOC(=O)c1sc(NC(=O)CSc2nnc(-c3ccc(C(C)(C)C)cc3)n2CC)c(C(=O)OCC)c1C. The molecule has 0 aliphatic heterocycles. The first-order valence-corrected chi connectivity index (χ1v) is 14.3. The fraction of sp³-hybridized carbons (Fsp3) is 0.444. The summed E-state index contributed by atoms with van der Waals surface area (Å²) in [5.74, 6) is -0.732. The van der Waals surface area contributed by atoms with Crippen LogP contribution in [-0.2, 0) is 26.2 Å². The van der Waals surface area contributed by atoms with Gasteiger partial charge in [0.25, 0.3) is 0 Å². The summed E-state index contributed by atoms with van der Waals surface area (Å²) in [6.07, 6.45) is 0. The molecule has 0 spiro atoms. The van der Waals surface area contributed by atoms with Crippen LogP contribution >= 0.6 is 23.1 Å². The van der Waals surface area contributed by atoms with Crippen molar-refractivity contribution in [1.29, 1.82) is 0 Å². The van der Waals surface area contributed by atoms with E-state index in [1.807, 2.05) is 23.6 Å². The number of rotatable bonds is 10. The quantitative estimate of drug-likeness (QED) is 0.248. The van der Waals surface area contributed by atoms with E-state index in [9.17, 15) is 14.4 Å². The number of thioether (sulfide) groups is 1. The average molecular weight is 559 g/mol. The van der Waals surface area contributed by atoms with Crippen molar-refractivity contribution in [1.82, 2.24) is 14.8 Å². The zero-order valence-corrected chi connectivity index (χ0v) is 24.5. The molecule has 1 amide bonds. The Bertz CT molecular complexity index is 1310. The number of nitrogens with one attached hydrogen (secondary N) is 1. The normalized spacial score (nSPS) is 11.3. The predicted octanol–water partition coefficient (Wildman–Crippen LogP) is 5.72. The first-order valence-electron chi connectivity index (χ1n) is 12.5. The Hall–Kier alpha value is -3.18. The second-order valence-electron chi connectivity index (χ2n) is 9.42. The molecule has 9 nitrogen and oxygen atoms in total. The number of esters is 2. The highest BCUT2D eigenvalue weighted by atomic mass is 32.2. The van der Waals surface area contributed by atoms with E-state index in [1.54, 1.807) is 20.8 Å². The van der Waals surface area contributed by atoms with Crippen LogP contribution in [0.1, 0.15) is 72.7 Å². The molecule has 0 unspecified atom stereocenters. The predicted molar refractivity (Wildman–Crippen MR) is 150 cm³/mol.